The van der Waals surface area contributed by atoms with Crippen molar-refractivity contribution in [2.45, 2.75) is 38.3 Å². The Balaban J connectivity index is 2.89. The fourth-order valence-electron chi connectivity index (χ4n) is 2.66. The van der Waals surface area contributed by atoms with Crippen LogP contribution in [-0.4, -0.2) is 42.1 Å². The number of nitrogens with two attached hydrogens (primary N) is 1. The Morgan fingerprint density at radius 2 is 1.95 bits per heavy atom. The van der Waals surface area contributed by atoms with Crippen LogP contribution < -0.4 is 5.73 Å². The van der Waals surface area contributed by atoms with E-state index in [2.05, 4.69) is 62.4 Å². The highest BCUT2D eigenvalue weighted by molar-refractivity contribution is 7.98. The van der Waals surface area contributed by atoms with E-state index in [0.29, 0.717) is 12.6 Å². The van der Waals surface area contributed by atoms with Crippen LogP contribution in [0.15, 0.2) is 30.3 Å². The first-order chi connectivity index (χ1) is 9.09. The molecule has 0 aliphatic carbocycles. The van der Waals surface area contributed by atoms with Crippen molar-refractivity contribution in [3.63, 3.8) is 0 Å². The summed E-state index contributed by atoms with van der Waals surface area (Å²) in [7, 11) is 2.22. The molecule has 0 saturated heterocycles. The molecule has 2 N–H and O–H groups in total. The Morgan fingerprint density at radius 3 is 2.42 bits per heavy atom. The van der Waals surface area contributed by atoms with Crippen molar-refractivity contribution in [2.75, 3.05) is 25.6 Å². The van der Waals surface area contributed by atoms with E-state index in [1.165, 1.54) is 5.56 Å². The van der Waals surface area contributed by atoms with Crippen molar-refractivity contribution in [3.05, 3.63) is 35.9 Å². The SMILES string of the molecule is CCC(CN)(Cc1ccccc1)N(C)C(C)CSC. The van der Waals surface area contributed by atoms with Gasteiger partial charge in [-0.1, -0.05) is 37.3 Å². The van der Waals surface area contributed by atoms with E-state index in [0.717, 1.165) is 18.6 Å². The maximum Gasteiger partial charge on any atom is 0.0369 e. The van der Waals surface area contributed by atoms with Crippen LogP contribution in [-0.2, 0) is 6.42 Å². The van der Waals surface area contributed by atoms with E-state index in [4.69, 9.17) is 5.73 Å². The molecule has 2 unspecified atom stereocenters. The smallest absolute Gasteiger partial charge is 0.0369 e. The lowest BCUT2D eigenvalue weighted by Gasteiger charge is -2.44. The lowest BCUT2D eigenvalue weighted by Crippen LogP contribution is -2.57. The molecule has 108 valence electrons. The first-order valence-corrected chi connectivity index (χ1v) is 8.45. The van der Waals surface area contributed by atoms with Gasteiger partial charge in [-0.05, 0) is 38.6 Å². The third kappa shape index (κ3) is 4.23. The van der Waals surface area contributed by atoms with Gasteiger partial charge >= 0.3 is 0 Å². The van der Waals surface area contributed by atoms with Gasteiger partial charge in [-0.25, -0.2) is 0 Å². The molecule has 0 amide bonds. The molecule has 0 radical (unpaired) electrons. The van der Waals surface area contributed by atoms with Gasteiger partial charge in [-0.2, -0.15) is 11.8 Å². The summed E-state index contributed by atoms with van der Waals surface area (Å²) in [6.07, 6.45) is 4.27. The zero-order chi connectivity index (χ0) is 14.3. The quantitative estimate of drug-likeness (QED) is 0.793. The number of benzene rings is 1. The van der Waals surface area contributed by atoms with Crippen molar-refractivity contribution in [1.82, 2.24) is 4.90 Å². The summed E-state index contributed by atoms with van der Waals surface area (Å²) in [6, 6.07) is 11.2. The van der Waals surface area contributed by atoms with Crippen molar-refractivity contribution < 1.29 is 0 Å². The molecule has 0 bridgehead atoms. The zero-order valence-electron chi connectivity index (χ0n) is 12.7. The number of hydrogen-bond acceptors (Lipinski definition) is 3. The Kier molecular flexibility index (Phi) is 6.90. The molecule has 0 aliphatic rings. The molecule has 0 aliphatic heterocycles. The van der Waals surface area contributed by atoms with E-state index < -0.39 is 0 Å². The highest BCUT2D eigenvalue weighted by Crippen LogP contribution is 2.25. The normalized spacial score (nSPS) is 16.3. The molecule has 0 aromatic heterocycles. The standard InChI is InChI=1S/C16H28N2S/c1-5-16(13-17,18(3)14(2)12-19-4)11-15-9-7-6-8-10-15/h6-10,14H,5,11-13,17H2,1-4H3. The molecule has 0 heterocycles. The predicted molar refractivity (Wildman–Crippen MR) is 87.8 cm³/mol. The monoisotopic (exact) mass is 280 g/mol. The van der Waals surface area contributed by atoms with Gasteiger partial charge in [0.1, 0.15) is 0 Å². The number of nitrogens with zero attached hydrogens (tertiary/aromatic N) is 1. The molecule has 0 fully saturated rings. The molecule has 1 aromatic rings. The highest BCUT2D eigenvalue weighted by atomic mass is 32.2. The zero-order valence-corrected chi connectivity index (χ0v) is 13.5. The van der Waals surface area contributed by atoms with Gasteiger partial charge in [0.05, 0.1) is 0 Å². The lowest BCUT2D eigenvalue weighted by atomic mass is 9.85. The van der Waals surface area contributed by atoms with E-state index >= 15 is 0 Å². The van der Waals surface area contributed by atoms with Crippen LogP contribution in [0.2, 0.25) is 0 Å². The van der Waals surface area contributed by atoms with Gasteiger partial charge in [-0.3, -0.25) is 4.90 Å². The Morgan fingerprint density at radius 1 is 1.32 bits per heavy atom. The van der Waals surface area contributed by atoms with Crippen LogP contribution in [0, 0.1) is 0 Å². The second-order valence-corrected chi connectivity index (χ2v) is 6.27. The molecule has 19 heavy (non-hydrogen) atoms. The Labute approximate surface area is 122 Å². The second kappa shape index (κ2) is 7.93. The number of rotatable bonds is 8. The summed E-state index contributed by atoms with van der Waals surface area (Å²) in [5.41, 5.74) is 7.59. The van der Waals surface area contributed by atoms with Gasteiger partial charge in [0.2, 0.25) is 0 Å². The average Bonchev–Trinajstić information content (AvgIpc) is 2.45. The Hall–Kier alpha value is -0.510. The minimum absolute atomic E-state index is 0.0660. The van der Waals surface area contributed by atoms with Gasteiger partial charge in [0, 0.05) is 23.9 Å². The van der Waals surface area contributed by atoms with Crippen molar-refractivity contribution in [2.24, 2.45) is 5.73 Å². The third-order valence-electron chi connectivity index (χ3n) is 4.23. The minimum Gasteiger partial charge on any atom is -0.329 e. The molecule has 3 heteroatoms. The summed E-state index contributed by atoms with van der Waals surface area (Å²) in [5.74, 6) is 1.15. The largest absolute Gasteiger partial charge is 0.329 e. The van der Waals surface area contributed by atoms with E-state index in [1.54, 1.807) is 0 Å². The molecular formula is C16H28N2S. The number of hydrogen-bond donors (Lipinski definition) is 1. The van der Waals surface area contributed by atoms with Crippen LogP contribution in [0.3, 0.4) is 0 Å². The van der Waals surface area contributed by atoms with Crippen molar-refractivity contribution in [3.8, 4) is 0 Å². The van der Waals surface area contributed by atoms with Crippen LogP contribution in [0.4, 0.5) is 0 Å². The van der Waals surface area contributed by atoms with Crippen LogP contribution in [0.25, 0.3) is 0 Å². The maximum atomic E-state index is 6.15. The molecule has 0 spiro atoms. The van der Waals surface area contributed by atoms with Crippen molar-refractivity contribution in [1.29, 1.82) is 0 Å². The van der Waals surface area contributed by atoms with E-state index in [1.807, 2.05) is 11.8 Å². The minimum atomic E-state index is 0.0660. The molecule has 1 rings (SSSR count). The molecule has 0 saturated carbocycles. The first kappa shape index (κ1) is 16.5. The first-order valence-electron chi connectivity index (χ1n) is 7.05. The highest BCUT2D eigenvalue weighted by Gasteiger charge is 2.34. The van der Waals surface area contributed by atoms with Crippen LogP contribution in [0.5, 0.6) is 0 Å². The lowest BCUT2D eigenvalue weighted by molar-refractivity contribution is 0.0896. The molecule has 1 aromatic carbocycles. The topological polar surface area (TPSA) is 29.3 Å². The van der Waals surface area contributed by atoms with E-state index in [9.17, 15) is 0 Å². The molecular weight excluding hydrogens is 252 g/mol. The maximum absolute atomic E-state index is 6.15. The number of thioether (sulfide) groups is 1. The summed E-state index contributed by atoms with van der Waals surface area (Å²) >= 11 is 1.90. The van der Waals surface area contributed by atoms with Crippen LogP contribution >= 0.6 is 11.8 Å². The number of likely N-dealkylation sites (N-methyl/N-ethyl adjacent to an activating group) is 1. The summed E-state index contributed by atoms with van der Waals surface area (Å²) < 4.78 is 0. The fourth-order valence-corrected chi connectivity index (χ4v) is 3.36. The summed E-state index contributed by atoms with van der Waals surface area (Å²) in [4.78, 5) is 2.48. The van der Waals surface area contributed by atoms with E-state index in [-0.39, 0.29) is 5.54 Å². The Bertz CT molecular complexity index is 349. The molecule has 2 atom stereocenters. The summed E-state index contributed by atoms with van der Waals surface area (Å²) in [6.45, 7) is 5.24. The molecule has 2 nitrogen and oxygen atoms in total. The van der Waals surface area contributed by atoms with Gasteiger partial charge in [0.15, 0.2) is 0 Å². The van der Waals surface area contributed by atoms with Crippen LogP contribution in [0.1, 0.15) is 25.8 Å². The fraction of sp³-hybridized carbons (Fsp3) is 0.625. The third-order valence-corrected chi connectivity index (χ3v) is 5.05. The predicted octanol–water partition coefficient (Wildman–Crippen LogP) is 3.02. The summed E-state index contributed by atoms with van der Waals surface area (Å²) in [5, 5.41) is 0. The average molecular weight is 280 g/mol. The second-order valence-electron chi connectivity index (χ2n) is 5.36. The van der Waals surface area contributed by atoms with Gasteiger partial charge < -0.3 is 5.73 Å². The van der Waals surface area contributed by atoms with Gasteiger partial charge in [0.25, 0.3) is 0 Å². The van der Waals surface area contributed by atoms with Crippen molar-refractivity contribution >= 4 is 11.8 Å². The van der Waals surface area contributed by atoms with Gasteiger partial charge in [-0.15, -0.1) is 0 Å².